The lowest BCUT2D eigenvalue weighted by molar-refractivity contribution is 0.203. The molecular weight excluding hydrogens is 462 g/mol. The van der Waals surface area contributed by atoms with Gasteiger partial charge in [0, 0.05) is 30.2 Å². The van der Waals surface area contributed by atoms with Crippen LogP contribution in [0, 0.1) is 13.8 Å². The summed E-state index contributed by atoms with van der Waals surface area (Å²) in [5.74, 6) is 0.795. The SMILES string of the molecule is COCCc1sc(S(=O)(=O)NC(=O)Nc2cc(SC)cc(-c3noc(C)n3)n2)cc1C. The van der Waals surface area contributed by atoms with E-state index in [4.69, 9.17) is 9.26 Å². The van der Waals surface area contributed by atoms with Crippen LogP contribution in [0.5, 0.6) is 0 Å². The molecule has 2 N–H and O–H groups in total. The summed E-state index contributed by atoms with van der Waals surface area (Å²) < 4.78 is 37.4. The number of pyridine rings is 1. The van der Waals surface area contributed by atoms with Crippen LogP contribution in [0.3, 0.4) is 0 Å². The minimum absolute atomic E-state index is 0.0556. The molecule has 0 aromatic carbocycles. The van der Waals surface area contributed by atoms with Crippen LogP contribution in [-0.2, 0) is 21.2 Å². The second kappa shape index (κ2) is 9.77. The lowest BCUT2D eigenvalue weighted by Gasteiger charge is -2.09. The molecule has 0 spiro atoms. The molecule has 3 aromatic rings. The molecule has 0 saturated heterocycles. The Morgan fingerprint density at radius 2 is 2.03 bits per heavy atom. The minimum atomic E-state index is -4.04. The highest BCUT2D eigenvalue weighted by Gasteiger charge is 2.22. The van der Waals surface area contributed by atoms with Gasteiger partial charge in [-0.2, -0.15) is 4.98 Å². The number of hydrogen-bond acceptors (Lipinski definition) is 10. The summed E-state index contributed by atoms with van der Waals surface area (Å²) >= 11 is 2.53. The van der Waals surface area contributed by atoms with Gasteiger partial charge in [0.15, 0.2) is 0 Å². The lowest BCUT2D eigenvalue weighted by atomic mass is 10.2. The molecule has 0 atom stereocenters. The van der Waals surface area contributed by atoms with Crippen LogP contribution < -0.4 is 10.0 Å². The van der Waals surface area contributed by atoms with Crippen molar-refractivity contribution in [2.75, 3.05) is 25.3 Å². The molecule has 13 heteroatoms. The highest BCUT2D eigenvalue weighted by atomic mass is 32.2. The summed E-state index contributed by atoms with van der Waals surface area (Å²) in [5.41, 5.74) is 1.22. The number of carbonyl (C=O) groups is 1. The summed E-state index contributed by atoms with van der Waals surface area (Å²) in [6.45, 7) is 3.95. The number of thioether (sulfide) groups is 1. The third-order valence-corrected chi connectivity index (χ3v) is 7.86. The van der Waals surface area contributed by atoms with Gasteiger partial charge in [0.1, 0.15) is 15.7 Å². The molecule has 0 aliphatic carbocycles. The number of aryl methyl sites for hydroxylation is 2. The van der Waals surface area contributed by atoms with E-state index < -0.39 is 16.1 Å². The van der Waals surface area contributed by atoms with Gasteiger partial charge in [-0.15, -0.1) is 23.1 Å². The number of anilines is 1. The number of urea groups is 1. The first-order chi connectivity index (χ1) is 14.7. The maximum Gasteiger partial charge on any atom is 0.334 e. The van der Waals surface area contributed by atoms with Gasteiger partial charge in [-0.25, -0.2) is 22.9 Å². The van der Waals surface area contributed by atoms with Crippen LogP contribution in [0.15, 0.2) is 31.8 Å². The van der Waals surface area contributed by atoms with E-state index in [-0.39, 0.29) is 15.9 Å². The fourth-order valence-corrected chi connectivity index (χ4v) is 5.52. The first-order valence-electron chi connectivity index (χ1n) is 9.00. The first kappa shape index (κ1) is 23.2. The number of rotatable bonds is 8. The maximum atomic E-state index is 12.6. The molecule has 0 saturated carbocycles. The Kier molecular flexibility index (Phi) is 7.30. The largest absolute Gasteiger partial charge is 0.384 e. The molecule has 2 amide bonds. The van der Waals surface area contributed by atoms with Gasteiger partial charge in [0.25, 0.3) is 10.0 Å². The second-order valence-electron chi connectivity index (χ2n) is 6.39. The van der Waals surface area contributed by atoms with E-state index in [1.807, 2.05) is 17.9 Å². The van der Waals surface area contributed by atoms with Crippen molar-refractivity contribution in [3.63, 3.8) is 0 Å². The number of sulfonamides is 1. The number of methoxy groups -OCH3 is 1. The predicted molar refractivity (Wildman–Crippen MR) is 118 cm³/mol. The van der Waals surface area contributed by atoms with Gasteiger partial charge in [-0.1, -0.05) is 5.16 Å². The van der Waals surface area contributed by atoms with E-state index >= 15 is 0 Å². The Balaban J connectivity index is 1.77. The molecular formula is C18H21N5O5S3. The number of amides is 2. The number of carbonyl (C=O) groups excluding carboxylic acids is 1. The van der Waals surface area contributed by atoms with Crippen molar-refractivity contribution >= 4 is 45.0 Å². The highest BCUT2D eigenvalue weighted by molar-refractivity contribution is 7.98. The molecule has 31 heavy (non-hydrogen) atoms. The van der Waals surface area contributed by atoms with E-state index in [1.54, 1.807) is 26.2 Å². The zero-order chi connectivity index (χ0) is 22.6. The number of nitrogens with zero attached hydrogens (tertiary/aromatic N) is 3. The molecule has 3 heterocycles. The topological polar surface area (TPSA) is 136 Å². The number of ether oxygens (including phenoxy) is 1. The third kappa shape index (κ3) is 5.81. The summed E-state index contributed by atoms with van der Waals surface area (Å²) in [7, 11) is -2.46. The number of thiophene rings is 1. The maximum absolute atomic E-state index is 12.6. The Bertz CT molecular complexity index is 1190. The molecule has 0 unspecified atom stereocenters. The van der Waals surface area contributed by atoms with Crippen LogP contribution >= 0.6 is 23.1 Å². The minimum Gasteiger partial charge on any atom is -0.384 e. The Morgan fingerprint density at radius 1 is 1.26 bits per heavy atom. The van der Waals surface area contributed by atoms with Gasteiger partial charge in [-0.05, 0) is 36.9 Å². The molecule has 3 aromatic heterocycles. The molecule has 3 rings (SSSR count). The van der Waals surface area contributed by atoms with Gasteiger partial charge < -0.3 is 9.26 Å². The van der Waals surface area contributed by atoms with E-state index in [9.17, 15) is 13.2 Å². The second-order valence-corrected chi connectivity index (χ2v) is 10.3. The Morgan fingerprint density at radius 3 is 2.68 bits per heavy atom. The quantitative estimate of drug-likeness (QED) is 0.463. The van der Waals surface area contributed by atoms with Crippen molar-refractivity contribution < 1.29 is 22.5 Å². The summed E-state index contributed by atoms with van der Waals surface area (Å²) in [6, 6.07) is 3.97. The molecule has 0 bridgehead atoms. The summed E-state index contributed by atoms with van der Waals surface area (Å²) in [6.07, 6.45) is 2.45. The smallest absolute Gasteiger partial charge is 0.334 e. The van der Waals surface area contributed by atoms with Crippen LogP contribution in [0.25, 0.3) is 11.5 Å². The van der Waals surface area contributed by atoms with Crippen molar-refractivity contribution in [3.8, 4) is 11.5 Å². The highest BCUT2D eigenvalue weighted by Crippen LogP contribution is 2.27. The van der Waals surface area contributed by atoms with Crippen LogP contribution in [0.2, 0.25) is 0 Å². The van der Waals surface area contributed by atoms with Crippen molar-refractivity contribution in [3.05, 3.63) is 34.5 Å². The van der Waals surface area contributed by atoms with Gasteiger partial charge >= 0.3 is 6.03 Å². The average molecular weight is 484 g/mol. The predicted octanol–water partition coefficient (Wildman–Crippen LogP) is 3.23. The number of aromatic nitrogens is 3. The van der Waals surface area contributed by atoms with E-state index in [0.29, 0.717) is 24.6 Å². The van der Waals surface area contributed by atoms with Crippen molar-refractivity contribution in [1.29, 1.82) is 0 Å². The van der Waals surface area contributed by atoms with E-state index in [0.717, 1.165) is 26.7 Å². The summed E-state index contributed by atoms with van der Waals surface area (Å²) in [5, 5.41) is 6.28. The molecule has 0 aliphatic heterocycles. The normalized spacial score (nSPS) is 11.5. The van der Waals surface area contributed by atoms with Crippen LogP contribution in [0.1, 0.15) is 16.3 Å². The summed E-state index contributed by atoms with van der Waals surface area (Å²) in [4.78, 5) is 22.5. The fourth-order valence-electron chi connectivity index (χ4n) is 2.58. The first-order valence-corrected chi connectivity index (χ1v) is 12.5. The standard InChI is InChI=1S/C18H21N5O5S3/c1-10-7-16(30-14(10)5-6-27-3)31(25,26)23-18(24)21-15-9-12(29-4)8-13(20-15)17-19-11(2)28-22-17/h7-9H,5-6H2,1-4H3,(H2,20,21,23,24). The zero-order valence-corrected chi connectivity index (χ0v) is 19.7. The van der Waals surface area contributed by atoms with Crippen LogP contribution in [0.4, 0.5) is 10.6 Å². The molecule has 166 valence electrons. The Hall–Kier alpha value is -2.48. The molecule has 0 radical (unpaired) electrons. The van der Waals surface area contributed by atoms with Crippen molar-refractivity contribution in [2.45, 2.75) is 29.4 Å². The molecule has 10 nitrogen and oxygen atoms in total. The number of nitrogens with one attached hydrogen (secondary N) is 2. The molecule has 0 fully saturated rings. The van der Waals surface area contributed by atoms with Crippen molar-refractivity contribution in [2.24, 2.45) is 0 Å². The average Bonchev–Trinajstić information content (AvgIpc) is 3.31. The Labute approximate surface area is 187 Å². The number of hydrogen-bond donors (Lipinski definition) is 2. The van der Waals surface area contributed by atoms with Gasteiger partial charge in [0.2, 0.25) is 11.7 Å². The monoisotopic (exact) mass is 483 g/mol. The van der Waals surface area contributed by atoms with E-state index in [1.165, 1.54) is 17.8 Å². The lowest BCUT2D eigenvalue weighted by Crippen LogP contribution is -2.34. The van der Waals surface area contributed by atoms with Crippen LogP contribution in [-0.4, -0.2) is 49.5 Å². The fraction of sp³-hybridized carbons (Fsp3) is 0.333. The van der Waals surface area contributed by atoms with Gasteiger partial charge in [-0.3, -0.25) is 5.32 Å². The van der Waals surface area contributed by atoms with Crippen molar-refractivity contribution in [1.82, 2.24) is 19.8 Å². The third-order valence-electron chi connectivity index (χ3n) is 4.06. The van der Waals surface area contributed by atoms with Gasteiger partial charge in [0.05, 0.1) is 6.61 Å². The zero-order valence-electron chi connectivity index (χ0n) is 17.3. The molecule has 0 aliphatic rings. The van der Waals surface area contributed by atoms with E-state index in [2.05, 4.69) is 20.4 Å².